The lowest BCUT2D eigenvalue weighted by Crippen LogP contribution is -2.21. The molecule has 7 heteroatoms. The lowest BCUT2D eigenvalue weighted by Gasteiger charge is -2.00. The van der Waals surface area contributed by atoms with Crippen molar-refractivity contribution in [2.45, 2.75) is 0 Å². The predicted octanol–water partition coefficient (Wildman–Crippen LogP) is 0.653. The molecule has 90 valence electrons. The van der Waals surface area contributed by atoms with Crippen molar-refractivity contribution in [3.05, 3.63) is 47.2 Å². The Morgan fingerprint density at radius 2 is 1.83 bits per heavy atom. The van der Waals surface area contributed by atoms with E-state index < -0.39 is 5.95 Å². The minimum Gasteiger partial charge on any atom is -0.278 e. The van der Waals surface area contributed by atoms with E-state index in [1.165, 1.54) is 39.9 Å². The maximum atomic E-state index is 12.8. The van der Waals surface area contributed by atoms with Gasteiger partial charge in [-0.3, -0.25) is 4.57 Å². The lowest BCUT2D eigenvalue weighted by atomic mass is 10.4. The smallest absolute Gasteiger partial charge is 0.278 e. The van der Waals surface area contributed by atoms with E-state index in [-0.39, 0.29) is 5.69 Å². The molecule has 0 unspecified atom stereocenters. The third-order valence-corrected chi connectivity index (χ3v) is 2.64. The number of aromatic nitrogens is 5. The molecule has 0 spiro atoms. The largest absolute Gasteiger partial charge is 0.335 e. The Hall–Kier alpha value is -2.57. The molecule has 0 aliphatic heterocycles. The Labute approximate surface area is 100 Å². The van der Waals surface area contributed by atoms with Crippen LogP contribution >= 0.6 is 0 Å². The molecule has 0 aliphatic carbocycles. The highest BCUT2D eigenvalue weighted by atomic mass is 19.1. The van der Waals surface area contributed by atoms with Gasteiger partial charge in [0.15, 0.2) is 11.3 Å². The second kappa shape index (κ2) is 3.73. The molecule has 0 radical (unpaired) electrons. The second-order valence-corrected chi connectivity index (χ2v) is 3.72. The molecule has 3 aromatic rings. The average Bonchev–Trinajstić information content (AvgIpc) is 2.64. The minimum absolute atomic E-state index is 0.301. The highest BCUT2D eigenvalue weighted by Crippen LogP contribution is 2.11. The molecule has 0 saturated heterocycles. The second-order valence-electron chi connectivity index (χ2n) is 3.72. The zero-order chi connectivity index (χ0) is 12.7. The van der Waals surface area contributed by atoms with Gasteiger partial charge in [-0.2, -0.15) is 4.39 Å². The molecule has 3 heterocycles. The van der Waals surface area contributed by atoms with Crippen molar-refractivity contribution in [1.29, 1.82) is 0 Å². The molecule has 0 aromatic carbocycles. The van der Waals surface area contributed by atoms with Crippen molar-refractivity contribution in [2.75, 3.05) is 0 Å². The normalized spacial score (nSPS) is 11.0. The zero-order valence-corrected chi connectivity index (χ0v) is 9.41. The van der Waals surface area contributed by atoms with Gasteiger partial charge in [0.25, 0.3) is 0 Å². The van der Waals surface area contributed by atoms with Gasteiger partial charge in [0, 0.05) is 19.4 Å². The number of pyridine rings is 1. The number of nitrogens with zero attached hydrogens (tertiary/aromatic N) is 5. The highest BCUT2D eigenvalue weighted by molar-refractivity contribution is 5.68. The van der Waals surface area contributed by atoms with Gasteiger partial charge in [0.1, 0.15) is 0 Å². The Bertz CT molecular complexity index is 774. The molecule has 0 N–H and O–H groups in total. The Kier molecular flexibility index (Phi) is 2.19. The summed E-state index contributed by atoms with van der Waals surface area (Å²) < 4.78 is 15.5. The zero-order valence-electron chi connectivity index (χ0n) is 9.41. The summed E-state index contributed by atoms with van der Waals surface area (Å²) in [5.74, 6) is -0.599. The maximum Gasteiger partial charge on any atom is 0.335 e. The molecule has 0 aliphatic rings. The Morgan fingerprint density at radius 3 is 2.50 bits per heavy atom. The summed E-state index contributed by atoms with van der Waals surface area (Å²) in [5, 5.41) is 0. The third kappa shape index (κ3) is 1.41. The fourth-order valence-electron chi connectivity index (χ4n) is 1.78. The molecule has 18 heavy (non-hydrogen) atoms. The number of hydrogen-bond acceptors (Lipinski definition) is 4. The molecular weight excluding hydrogens is 237 g/mol. The first kappa shape index (κ1) is 10.6. The summed E-state index contributed by atoms with van der Waals surface area (Å²) in [6.45, 7) is 0. The van der Waals surface area contributed by atoms with Crippen LogP contribution < -0.4 is 5.69 Å². The van der Waals surface area contributed by atoms with Crippen LogP contribution in [-0.2, 0) is 7.05 Å². The van der Waals surface area contributed by atoms with E-state index in [1.54, 1.807) is 7.05 Å². The first-order valence-corrected chi connectivity index (χ1v) is 5.19. The summed E-state index contributed by atoms with van der Waals surface area (Å²) in [6.07, 6.45) is 4.29. The fourth-order valence-corrected chi connectivity index (χ4v) is 1.78. The molecule has 0 atom stereocenters. The van der Waals surface area contributed by atoms with Crippen LogP contribution in [0.5, 0.6) is 0 Å². The summed E-state index contributed by atoms with van der Waals surface area (Å²) in [6, 6.07) is 2.66. The first-order chi connectivity index (χ1) is 8.68. The van der Waals surface area contributed by atoms with Crippen LogP contribution in [0.3, 0.4) is 0 Å². The van der Waals surface area contributed by atoms with Gasteiger partial charge in [-0.05, 0) is 12.1 Å². The van der Waals surface area contributed by atoms with Gasteiger partial charge < -0.3 is 0 Å². The van der Waals surface area contributed by atoms with Gasteiger partial charge in [0.05, 0.1) is 11.9 Å². The van der Waals surface area contributed by atoms with E-state index in [2.05, 4.69) is 15.0 Å². The molecule has 3 rings (SSSR count). The summed E-state index contributed by atoms with van der Waals surface area (Å²) in [5.41, 5.74) is 1.03. The maximum absolute atomic E-state index is 12.8. The summed E-state index contributed by atoms with van der Waals surface area (Å²) in [7, 11) is 1.60. The van der Waals surface area contributed by atoms with Crippen LogP contribution in [0, 0.1) is 5.95 Å². The Morgan fingerprint density at radius 1 is 1.11 bits per heavy atom. The van der Waals surface area contributed by atoms with E-state index in [0.717, 1.165) is 0 Å². The average molecular weight is 245 g/mol. The number of rotatable bonds is 1. The molecule has 0 fully saturated rings. The van der Waals surface area contributed by atoms with Crippen molar-refractivity contribution < 1.29 is 4.39 Å². The van der Waals surface area contributed by atoms with Crippen LogP contribution in [0.15, 0.2) is 35.5 Å². The van der Waals surface area contributed by atoms with Crippen molar-refractivity contribution >= 4 is 11.3 Å². The number of fused-ring (bicyclic) bond motifs is 1. The molecule has 0 bridgehead atoms. The van der Waals surface area contributed by atoms with Crippen LogP contribution in [0.4, 0.5) is 4.39 Å². The monoisotopic (exact) mass is 245 g/mol. The van der Waals surface area contributed by atoms with E-state index in [9.17, 15) is 9.18 Å². The summed E-state index contributed by atoms with van der Waals surface area (Å²) in [4.78, 5) is 23.8. The molecule has 6 nitrogen and oxygen atoms in total. The van der Waals surface area contributed by atoms with Gasteiger partial charge in [-0.1, -0.05) is 0 Å². The number of hydrogen-bond donors (Lipinski definition) is 0. The van der Waals surface area contributed by atoms with E-state index in [0.29, 0.717) is 17.0 Å². The van der Waals surface area contributed by atoms with Crippen LogP contribution in [0.1, 0.15) is 0 Å². The highest BCUT2D eigenvalue weighted by Gasteiger charge is 2.14. The van der Waals surface area contributed by atoms with Crippen molar-refractivity contribution in [3.8, 4) is 5.69 Å². The van der Waals surface area contributed by atoms with Gasteiger partial charge >= 0.3 is 5.69 Å². The first-order valence-electron chi connectivity index (χ1n) is 5.19. The van der Waals surface area contributed by atoms with Gasteiger partial charge in [-0.25, -0.2) is 24.3 Å². The predicted molar refractivity (Wildman–Crippen MR) is 61.9 cm³/mol. The van der Waals surface area contributed by atoms with E-state index in [4.69, 9.17) is 0 Å². The van der Waals surface area contributed by atoms with Crippen LogP contribution in [0.2, 0.25) is 0 Å². The number of imidazole rings is 1. The van der Waals surface area contributed by atoms with E-state index >= 15 is 0 Å². The van der Waals surface area contributed by atoms with Crippen molar-refractivity contribution in [1.82, 2.24) is 24.1 Å². The van der Waals surface area contributed by atoms with Crippen LogP contribution in [-0.4, -0.2) is 24.1 Å². The molecular formula is C11H8FN5O. The van der Waals surface area contributed by atoms with Crippen LogP contribution in [0.25, 0.3) is 17.0 Å². The van der Waals surface area contributed by atoms with Gasteiger partial charge in [0.2, 0.25) is 5.95 Å². The topological polar surface area (TPSA) is 65.6 Å². The van der Waals surface area contributed by atoms with Gasteiger partial charge in [-0.15, -0.1) is 0 Å². The van der Waals surface area contributed by atoms with E-state index in [1.807, 2.05) is 0 Å². The fraction of sp³-hybridized carbons (Fsp3) is 0.0909. The summed E-state index contributed by atoms with van der Waals surface area (Å²) >= 11 is 0. The number of halogens is 1. The third-order valence-electron chi connectivity index (χ3n) is 2.64. The Balaban J connectivity index is 2.39. The molecule has 0 amide bonds. The lowest BCUT2D eigenvalue weighted by molar-refractivity contribution is 0.583. The standard InChI is InChI=1S/C11H8FN5O/c1-16-9-10(14-5-4-13-9)17(11(16)18)7-2-3-8(12)15-6-7/h2-6H,1H3. The quantitative estimate of drug-likeness (QED) is 0.590. The minimum atomic E-state index is -0.599. The molecule has 0 saturated carbocycles. The molecule has 3 aromatic heterocycles. The SMILES string of the molecule is Cn1c(=O)n(-c2ccc(F)nc2)c2nccnc21. The van der Waals surface area contributed by atoms with Crippen molar-refractivity contribution in [2.24, 2.45) is 7.05 Å². The number of aryl methyl sites for hydroxylation is 1. The van der Waals surface area contributed by atoms with Crippen molar-refractivity contribution in [3.63, 3.8) is 0 Å².